The lowest BCUT2D eigenvalue weighted by Crippen LogP contribution is -2.32. The van der Waals surface area contributed by atoms with Crippen LogP contribution in [0.1, 0.15) is 59.5 Å². The molecule has 1 amide bonds. The Bertz CT molecular complexity index is 606. The van der Waals surface area contributed by atoms with Crippen LogP contribution in [0.25, 0.3) is 0 Å². The van der Waals surface area contributed by atoms with E-state index in [0.717, 1.165) is 0 Å². The summed E-state index contributed by atoms with van der Waals surface area (Å²) >= 11 is 0. The smallest absolute Gasteiger partial charge is 0.335 e. The molecule has 112 valence electrons. The van der Waals surface area contributed by atoms with Gasteiger partial charge in [0, 0.05) is 18.5 Å². The van der Waals surface area contributed by atoms with Gasteiger partial charge in [0.25, 0.3) is 5.91 Å². The van der Waals surface area contributed by atoms with E-state index in [1.807, 2.05) is 13.8 Å². The van der Waals surface area contributed by atoms with E-state index in [4.69, 9.17) is 5.11 Å². The lowest BCUT2D eigenvalue weighted by Gasteiger charge is -2.26. The van der Waals surface area contributed by atoms with Gasteiger partial charge >= 0.3 is 5.97 Å². The molecular formula is C16H19NO4. The number of aromatic carboxylic acids is 1. The minimum Gasteiger partial charge on any atom is -0.478 e. The SMILES string of the molecule is CC(=O)CC1c2cc(C(=O)O)ccc2C(=O)N1CC(C)C. The molecule has 1 N–H and O–H groups in total. The number of carboxylic acids is 1. The van der Waals surface area contributed by atoms with Crippen LogP contribution < -0.4 is 0 Å². The molecule has 1 aromatic rings. The van der Waals surface area contributed by atoms with Crippen LogP contribution in [0.3, 0.4) is 0 Å². The summed E-state index contributed by atoms with van der Waals surface area (Å²) < 4.78 is 0. The first-order valence-electron chi connectivity index (χ1n) is 6.99. The normalized spacial score (nSPS) is 17.2. The number of Topliss-reactive ketones (excluding diaryl/α,β-unsaturated/α-hetero) is 1. The van der Waals surface area contributed by atoms with E-state index in [2.05, 4.69) is 0 Å². The summed E-state index contributed by atoms with van der Waals surface area (Å²) in [5, 5.41) is 9.10. The quantitative estimate of drug-likeness (QED) is 0.903. The van der Waals surface area contributed by atoms with Crippen molar-refractivity contribution in [2.24, 2.45) is 5.92 Å². The van der Waals surface area contributed by atoms with Crippen LogP contribution in [0.4, 0.5) is 0 Å². The van der Waals surface area contributed by atoms with Crippen molar-refractivity contribution < 1.29 is 19.5 Å². The average molecular weight is 289 g/mol. The molecule has 0 spiro atoms. The Labute approximate surface area is 123 Å². The van der Waals surface area contributed by atoms with Crippen LogP contribution in [-0.2, 0) is 4.79 Å². The van der Waals surface area contributed by atoms with Crippen molar-refractivity contribution >= 4 is 17.7 Å². The summed E-state index contributed by atoms with van der Waals surface area (Å²) in [6.45, 7) is 6.04. The maximum Gasteiger partial charge on any atom is 0.335 e. The molecule has 1 unspecified atom stereocenters. The van der Waals surface area contributed by atoms with E-state index >= 15 is 0 Å². The molecule has 0 fully saturated rings. The molecule has 2 rings (SSSR count). The van der Waals surface area contributed by atoms with E-state index in [0.29, 0.717) is 17.7 Å². The molecule has 1 heterocycles. The average Bonchev–Trinajstić information content (AvgIpc) is 2.63. The predicted molar refractivity (Wildman–Crippen MR) is 77.3 cm³/mol. The number of nitrogens with zero attached hydrogens (tertiary/aromatic N) is 1. The van der Waals surface area contributed by atoms with Crippen molar-refractivity contribution in [3.8, 4) is 0 Å². The van der Waals surface area contributed by atoms with Crippen LogP contribution in [0.15, 0.2) is 18.2 Å². The first-order chi connectivity index (χ1) is 9.81. The van der Waals surface area contributed by atoms with E-state index in [1.54, 1.807) is 11.0 Å². The molecule has 5 nitrogen and oxygen atoms in total. The summed E-state index contributed by atoms with van der Waals surface area (Å²) in [7, 11) is 0. The van der Waals surface area contributed by atoms with E-state index < -0.39 is 5.97 Å². The zero-order valence-corrected chi connectivity index (χ0v) is 12.4. The Balaban J connectivity index is 2.47. The topological polar surface area (TPSA) is 74.7 Å². The van der Waals surface area contributed by atoms with Crippen molar-refractivity contribution in [1.82, 2.24) is 4.90 Å². The maximum absolute atomic E-state index is 12.5. The van der Waals surface area contributed by atoms with Gasteiger partial charge in [-0.1, -0.05) is 13.8 Å². The number of carboxylic acid groups (broad SMARTS) is 1. The summed E-state index contributed by atoms with van der Waals surface area (Å²) in [5.74, 6) is -0.900. The molecule has 5 heteroatoms. The second kappa shape index (κ2) is 5.68. The predicted octanol–water partition coefficient (Wildman–Crippen LogP) is 2.52. The molecule has 1 aliphatic rings. The molecule has 0 aliphatic carbocycles. The minimum absolute atomic E-state index is 0.0184. The van der Waals surface area contributed by atoms with Crippen LogP contribution in [0, 0.1) is 5.92 Å². The molecule has 21 heavy (non-hydrogen) atoms. The highest BCUT2D eigenvalue weighted by atomic mass is 16.4. The number of hydrogen-bond donors (Lipinski definition) is 1. The fourth-order valence-corrected chi connectivity index (χ4v) is 2.73. The number of rotatable bonds is 5. The molecule has 1 atom stereocenters. The minimum atomic E-state index is -1.03. The first-order valence-corrected chi connectivity index (χ1v) is 6.99. The first kappa shape index (κ1) is 15.2. The standard InChI is InChI=1S/C16H19NO4/c1-9(2)8-17-14(6-10(3)18)13-7-11(16(20)21)4-5-12(13)15(17)19/h4-5,7,9,14H,6,8H2,1-3H3,(H,20,21). The van der Waals surface area contributed by atoms with Gasteiger partial charge in [-0.2, -0.15) is 0 Å². The number of fused-ring (bicyclic) bond motifs is 1. The van der Waals surface area contributed by atoms with E-state index in [-0.39, 0.29) is 35.6 Å². The monoisotopic (exact) mass is 289 g/mol. The molecule has 0 radical (unpaired) electrons. The van der Waals surface area contributed by atoms with Gasteiger partial charge in [-0.3, -0.25) is 9.59 Å². The molecule has 1 aliphatic heterocycles. The lowest BCUT2D eigenvalue weighted by atomic mass is 9.98. The second-order valence-electron chi connectivity index (χ2n) is 5.88. The summed E-state index contributed by atoms with van der Waals surface area (Å²) in [6, 6.07) is 4.15. The van der Waals surface area contributed by atoms with Gasteiger partial charge < -0.3 is 10.0 Å². The lowest BCUT2D eigenvalue weighted by molar-refractivity contribution is -0.118. The number of carbonyl (C=O) groups is 3. The fraction of sp³-hybridized carbons (Fsp3) is 0.438. The molecule has 1 aromatic carbocycles. The third-order valence-corrected chi connectivity index (χ3v) is 3.57. The van der Waals surface area contributed by atoms with Crippen molar-refractivity contribution in [3.63, 3.8) is 0 Å². The highest BCUT2D eigenvalue weighted by Gasteiger charge is 2.37. The summed E-state index contributed by atoms with van der Waals surface area (Å²) in [5.41, 5.74) is 1.30. The Kier molecular flexibility index (Phi) is 4.11. The third-order valence-electron chi connectivity index (χ3n) is 3.57. The highest BCUT2D eigenvalue weighted by molar-refractivity contribution is 6.01. The summed E-state index contributed by atoms with van der Waals surface area (Å²) in [6.07, 6.45) is 0.217. The number of ketones is 1. The van der Waals surface area contributed by atoms with E-state index in [1.165, 1.54) is 19.1 Å². The van der Waals surface area contributed by atoms with Crippen molar-refractivity contribution in [3.05, 3.63) is 34.9 Å². The number of amides is 1. The van der Waals surface area contributed by atoms with Gasteiger partial charge in [-0.25, -0.2) is 4.79 Å². The zero-order valence-electron chi connectivity index (χ0n) is 12.4. The van der Waals surface area contributed by atoms with Gasteiger partial charge in [0.15, 0.2) is 0 Å². The maximum atomic E-state index is 12.5. The molecule has 0 aromatic heterocycles. The van der Waals surface area contributed by atoms with Gasteiger partial charge in [-0.15, -0.1) is 0 Å². The summed E-state index contributed by atoms with van der Waals surface area (Å²) in [4.78, 5) is 36.8. The number of carbonyl (C=O) groups excluding carboxylic acids is 2. The van der Waals surface area contributed by atoms with Crippen molar-refractivity contribution in [2.45, 2.75) is 33.2 Å². The van der Waals surface area contributed by atoms with Crippen LogP contribution in [0.5, 0.6) is 0 Å². The van der Waals surface area contributed by atoms with E-state index in [9.17, 15) is 14.4 Å². The van der Waals surface area contributed by atoms with Crippen LogP contribution in [-0.4, -0.2) is 34.2 Å². The molecular weight excluding hydrogens is 270 g/mol. The zero-order chi connectivity index (χ0) is 15.7. The van der Waals surface area contributed by atoms with Crippen molar-refractivity contribution in [2.75, 3.05) is 6.54 Å². The second-order valence-corrected chi connectivity index (χ2v) is 5.88. The Morgan fingerprint density at radius 1 is 1.33 bits per heavy atom. The van der Waals surface area contributed by atoms with Gasteiger partial charge in [0.1, 0.15) is 5.78 Å². The fourth-order valence-electron chi connectivity index (χ4n) is 2.73. The molecule has 0 saturated carbocycles. The number of hydrogen-bond acceptors (Lipinski definition) is 3. The largest absolute Gasteiger partial charge is 0.478 e. The van der Waals surface area contributed by atoms with Gasteiger partial charge in [0.05, 0.1) is 11.6 Å². The molecule has 0 bridgehead atoms. The van der Waals surface area contributed by atoms with Gasteiger partial charge in [-0.05, 0) is 36.6 Å². The third kappa shape index (κ3) is 2.96. The van der Waals surface area contributed by atoms with Crippen LogP contribution in [0.2, 0.25) is 0 Å². The van der Waals surface area contributed by atoms with Gasteiger partial charge in [0.2, 0.25) is 0 Å². The Morgan fingerprint density at radius 3 is 2.52 bits per heavy atom. The Hall–Kier alpha value is -2.17. The molecule has 0 saturated heterocycles. The highest BCUT2D eigenvalue weighted by Crippen LogP contribution is 2.37. The Morgan fingerprint density at radius 2 is 2.00 bits per heavy atom. The number of benzene rings is 1. The van der Waals surface area contributed by atoms with Crippen molar-refractivity contribution in [1.29, 1.82) is 0 Å². The van der Waals surface area contributed by atoms with Crippen LogP contribution >= 0.6 is 0 Å².